The van der Waals surface area contributed by atoms with Crippen molar-refractivity contribution in [1.29, 1.82) is 0 Å². The first-order valence-corrected chi connectivity index (χ1v) is 7.71. The third kappa shape index (κ3) is 3.69. The number of aromatic nitrogens is 1. The third-order valence-electron chi connectivity index (χ3n) is 2.56. The Kier molecular flexibility index (Phi) is 4.58. The van der Waals surface area contributed by atoms with Gasteiger partial charge in [-0.3, -0.25) is 0 Å². The highest BCUT2D eigenvalue weighted by molar-refractivity contribution is 7.89. The summed E-state index contributed by atoms with van der Waals surface area (Å²) in [4.78, 5) is 0. The molecule has 0 saturated carbocycles. The lowest BCUT2D eigenvalue weighted by atomic mass is 10.4. The van der Waals surface area contributed by atoms with Gasteiger partial charge in [-0.2, -0.15) is 0 Å². The average molecular weight is 299 g/mol. The van der Waals surface area contributed by atoms with Crippen molar-refractivity contribution in [2.24, 2.45) is 0 Å². The van der Waals surface area contributed by atoms with Gasteiger partial charge in [-0.1, -0.05) is 12.1 Å². The van der Waals surface area contributed by atoms with E-state index in [0.717, 1.165) is 6.54 Å². The largest absolute Gasteiger partial charge is 0.447 e. The van der Waals surface area contributed by atoms with E-state index in [9.17, 15) is 8.42 Å². The minimum atomic E-state index is -3.69. The molecule has 8 heteroatoms. The minimum Gasteiger partial charge on any atom is -0.447 e. The number of rotatable bonds is 7. The molecule has 2 aromatic rings. The molecule has 0 atom stereocenters. The molecule has 2 N–H and O–H groups in total. The molecule has 0 aromatic carbocycles. The lowest BCUT2D eigenvalue weighted by molar-refractivity contribution is 0.374. The van der Waals surface area contributed by atoms with Gasteiger partial charge >= 0.3 is 0 Å². The van der Waals surface area contributed by atoms with Gasteiger partial charge in [-0.15, -0.1) is 0 Å². The van der Waals surface area contributed by atoms with Crippen LogP contribution >= 0.6 is 0 Å². The first kappa shape index (κ1) is 14.8. The molecule has 7 nitrogen and oxygen atoms in total. The lowest BCUT2D eigenvalue weighted by Crippen LogP contribution is -2.22. The Morgan fingerprint density at radius 3 is 2.70 bits per heavy atom. The number of nitrogens with zero attached hydrogens (tertiary/aromatic N) is 1. The topological polar surface area (TPSA) is 97.4 Å². The lowest BCUT2D eigenvalue weighted by Gasteiger charge is -2.01. The highest BCUT2D eigenvalue weighted by atomic mass is 32.2. The Bertz CT molecular complexity index is 660. The van der Waals surface area contributed by atoms with Crippen LogP contribution in [-0.2, 0) is 23.1 Å². The average Bonchev–Trinajstić information content (AvgIpc) is 3.03. The SMILES string of the molecule is CCNCc1ccc(S(=O)(=O)NCc2cc(C)no2)o1. The van der Waals surface area contributed by atoms with E-state index in [-0.39, 0.29) is 11.6 Å². The zero-order valence-corrected chi connectivity index (χ0v) is 12.2. The molecule has 0 aliphatic carbocycles. The normalized spacial score (nSPS) is 11.9. The van der Waals surface area contributed by atoms with E-state index in [1.54, 1.807) is 19.1 Å². The van der Waals surface area contributed by atoms with Crippen LogP contribution < -0.4 is 10.0 Å². The van der Waals surface area contributed by atoms with Crippen molar-refractivity contribution < 1.29 is 17.4 Å². The van der Waals surface area contributed by atoms with Gasteiger partial charge in [0.2, 0.25) is 5.09 Å². The van der Waals surface area contributed by atoms with Gasteiger partial charge < -0.3 is 14.3 Å². The molecule has 0 bridgehead atoms. The van der Waals surface area contributed by atoms with Crippen LogP contribution in [0.3, 0.4) is 0 Å². The molecule has 0 saturated heterocycles. The Morgan fingerprint density at radius 1 is 1.25 bits per heavy atom. The van der Waals surface area contributed by atoms with E-state index >= 15 is 0 Å². The van der Waals surface area contributed by atoms with Crippen LogP contribution in [0.25, 0.3) is 0 Å². The summed E-state index contributed by atoms with van der Waals surface area (Å²) in [6, 6.07) is 4.73. The quantitative estimate of drug-likeness (QED) is 0.796. The highest BCUT2D eigenvalue weighted by Crippen LogP contribution is 2.14. The molecule has 0 fully saturated rings. The Balaban J connectivity index is 2.00. The second-order valence-electron chi connectivity index (χ2n) is 4.26. The van der Waals surface area contributed by atoms with Crippen molar-refractivity contribution in [2.45, 2.75) is 32.0 Å². The highest BCUT2D eigenvalue weighted by Gasteiger charge is 2.19. The molecule has 0 aliphatic heterocycles. The van der Waals surface area contributed by atoms with E-state index in [4.69, 9.17) is 8.94 Å². The standard InChI is InChI=1S/C12H17N3O4S/c1-3-13-7-10-4-5-12(18-10)20(16,17)14-8-11-6-9(2)15-19-11/h4-6,13-14H,3,7-8H2,1-2H3. The summed E-state index contributed by atoms with van der Waals surface area (Å²) in [6.07, 6.45) is 0. The van der Waals surface area contributed by atoms with Crippen LogP contribution in [0.5, 0.6) is 0 Å². The van der Waals surface area contributed by atoms with Crippen LogP contribution in [0.2, 0.25) is 0 Å². The number of hydrogen-bond donors (Lipinski definition) is 2. The second-order valence-corrected chi connectivity index (χ2v) is 5.96. The summed E-state index contributed by atoms with van der Waals surface area (Å²) in [6.45, 7) is 5.04. The molecular formula is C12H17N3O4S. The van der Waals surface area contributed by atoms with Crippen molar-refractivity contribution in [3.05, 3.63) is 35.4 Å². The van der Waals surface area contributed by atoms with Gasteiger partial charge in [0.15, 0.2) is 5.76 Å². The van der Waals surface area contributed by atoms with Crippen molar-refractivity contribution >= 4 is 10.0 Å². The molecule has 2 heterocycles. The molecule has 2 rings (SSSR count). The van der Waals surface area contributed by atoms with Crippen molar-refractivity contribution in [1.82, 2.24) is 15.2 Å². The zero-order chi connectivity index (χ0) is 14.6. The number of aryl methyl sites for hydroxylation is 1. The maximum absolute atomic E-state index is 12.0. The summed E-state index contributed by atoms with van der Waals surface area (Å²) in [5.74, 6) is 1.02. The fourth-order valence-electron chi connectivity index (χ4n) is 1.58. The summed E-state index contributed by atoms with van der Waals surface area (Å²) in [5.41, 5.74) is 0.699. The van der Waals surface area contributed by atoms with Crippen molar-refractivity contribution in [3.8, 4) is 0 Å². The fraction of sp³-hybridized carbons (Fsp3) is 0.417. The number of furan rings is 1. The molecule has 2 aromatic heterocycles. The first-order chi connectivity index (χ1) is 9.51. The van der Waals surface area contributed by atoms with Crippen molar-refractivity contribution in [2.75, 3.05) is 6.54 Å². The molecule has 0 radical (unpaired) electrons. The summed E-state index contributed by atoms with van der Waals surface area (Å²) in [5, 5.41) is 6.63. The van der Waals surface area contributed by atoms with Gasteiger partial charge in [0.1, 0.15) is 5.76 Å². The van der Waals surface area contributed by atoms with Gasteiger partial charge in [0.25, 0.3) is 10.0 Å². The van der Waals surface area contributed by atoms with Crippen LogP contribution in [0.4, 0.5) is 0 Å². The van der Waals surface area contributed by atoms with E-state index in [2.05, 4.69) is 15.2 Å². The number of hydrogen-bond acceptors (Lipinski definition) is 6. The fourth-order valence-corrected chi connectivity index (χ4v) is 2.52. The molecule has 0 aliphatic rings. The van der Waals surface area contributed by atoms with E-state index < -0.39 is 10.0 Å². The Hall–Kier alpha value is -1.64. The molecule has 0 amide bonds. The van der Waals surface area contributed by atoms with Crippen LogP contribution in [0, 0.1) is 6.92 Å². The van der Waals surface area contributed by atoms with Crippen LogP contribution in [-0.4, -0.2) is 20.1 Å². The Morgan fingerprint density at radius 2 is 2.05 bits per heavy atom. The van der Waals surface area contributed by atoms with Crippen LogP contribution in [0.1, 0.15) is 24.1 Å². The molecule has 0 spiro atoms. The summed E-state index contributed by atoms with van der Waals surface area (Å²) < 4.78 is 36.6. The number of sulfonamides is 1. The van der Waals surface area contributed by atoms with Gasteiger partial charge in [0, 0.05) is 6.07 Å². The Labute approximate surface area is 117 Å². The van der Waals surface area contributed by atoms with E-state index in [0.29, 0.717) is 23.8 Å². The van der Waals surface area contributed by atoms with E-state index in [1.807, 2.05) is 6.92 Å². The minimum absolute atomic E-state index is 0.0341. The van der Waals surface area contributed by atoms with Crippen molar-refractivity contribution in [3.63, 3.8) is 0 Å². The zero-order valence-electron chi connectivity index (χ0n) is 11.3. The monoisotopic (exact) mass is 299 g/mol. The summed E-state index contributed by atoms with van der Waals surface area (Å²) in [7, 11) is -3.69. The first-order valence-electron chi connectivity index (χ1n) is 6.22. The maximum Gasteiger partial charge on any atom is 0.274 e. The summed E-state index contributed by atoms with van der Waals surface area (Å²) >= 11 is 0. The van der Waals surface area contributed by atoms with Crippen LogP contribution in [0.15, 0.2) is 32.2 Å². The maximum atomic E-state index is 12.0. The smallest absolute Gasteiger partial charge is 0.274 e. The second kappa shape index (κ2) is 6.21. The molecule has 20 heavy (non-hydrogen) atoms. The predicted molar refractivity (Wildman–Crippen MR) is 71.4 cm³/mol. The van der Waals surface area contributed by atoms with Gasteiger partial charge in [-0.05, 0) is 25.6 Å². The molecule has 0 unspecified atom stereocenters. The third-order valence-corrected chi connectivity index (χ3v) is 3.84. The van der Waals surface area contributed by atoms with E-state index in [1.165, 1.54) is 6.07 Å². The molecular weight excluding hydrogens is 282 g/mol. The number of nitrogens with one attached hydrogen (secondary N) is 2. The van der Waals surface area contributed by atoms with Gasteiger partial charge in [0.05, 0.1) is 18.8 Å². The molecule has 110 valence electrons. The predicted octanol–water partition coefficient (Wildman–Crippen LogP) is 1.16. The van der Waals surface area contributed by atoms with Gasteiger partial charge in [-0.25, -0.2) is 13.1 Å².